The standard InChI is InChI=1S/C16H28N2/c1-17(2)18(15-9-11-3-5-13(15)7-11)16-10-12-4-6-14(16)8-12/h11-16H,3-10H2,1-2H3. The third-order valence-electron chi connectivity index (χ3n) is 6.54. The summed E-state index contributed by atoms with van der Waals surface area (Å²) in [5.74, 6) is 4.19. The van der Waals surface area contributed by atoms with E-state index in [0.717, 1.165) is 35.8 Å². The maximum Gasteiger partial charge on any atom is 0.0279 e. The summed E-state index contributed by atoms with van der Waals surface area (Å²) in [4.78, 5) is 0. The Bertz CT molecular complexity index is 299. The van der Waals surface area contributed by atoms with Gasteiger partial charge in [-0.05, 0) is 62.2 Å². The molecule has 0 N–H and O–H groups in total. The van der Waals surface area contributed by atoms with Crippen LogP contribution in [0.4, 0.5) is 0 Å². The molecule has 4 aliphatic rings. The van der Waals surface area contributed by atoms with Crippen LogP contribution >= 0.6 is 0 Å². The molecule has 0 spiro atoms. The topological polar surface area (TPSA) is 6.48 Å². The summed E-state index contributed by atoms with van der Waals surface area (Å²) < 4.78 is 0. The normalized spacial score (nSPS) is 50.0. The van der Waals surface area contributed by atoms with Gasteiger partial charge in [0.1, 0.15) is 0 Å². The molecular weight excluding hydrogens is 220 g/mol. The zero-order valence-electron chi connectivity index (χ0n) is 12.0. The van der Waals surface area contributed by atoms with Gasteiger partial charge in [-0.15, -0.1) is 0 Å². The lowest BCUT2D eigenvalue weighted by atomic mass is 9.89. The fourth-order valence-corrected chi connectivity index (χ4v) is 5.91. The van der Waals surface area contributed by atoms with Crippen molar-refractivity contribution in [3.63, 3.8) is 0 Å². The van der Waals surface area contributed by atoms with E-state index in [1.807, 2.05) is 0 Å². The number of hydrazine groups is 1. The van der Waals surface area contributed by atoms with Gasteiger partial charge in [0, 0.05) is 26.2 Å². The molecule has 0 aromatic heterocycles. The van der Waals surface area contributed by atoms with Crippen molar-refractivity contribution in [2.75, 3.05) is 14.1 Å². The highest BCUT2D eigenvalue weighted by Gasteiger charge is 2.49. The van der Waals surface area contributed by atoms with Crippen LogP contribution in [-0.4, -0.2) is 36.2 Å². The molecule has 4 rings (SSSR count). The monoisotopic (exact) mass is 248 g/mol. The molecule has 0 aromatic rings. The Morgan fingerprint density at radius 1 is 0.667 bits per heavy atom. The van der Waals surface area contributed by atoms with Gasteiger partial charge >= 0.3 is 0 Å². The van der Waals surface area contributed by atoms with Crippen LogP contribution in [0.1, 0.15) is 51.4 Å². The molecule has 4 saturated carbocycles. The largest absolute Gasteiger partial charge is 0.247 e. The summed E-state index contributed by atoms with van der Waals surface area (Å²) in [7, 11) is 4.58. The van der Waals surface area contributed by atoms with E-state index < -0.39 is 0 Å². The lowest BCUT2D eigenvalue weighted by Gasteiger charge is -2.45. The lowest BCUT2D eigenvalue weighted by Crippen LogP contribution is -2.54. The summed E-state index contributed by atoms with van der Waals surface area (Å²) in [6.45, 7) is 0. The summed E-state index contributed by atoms with van der Waals surface area (Å²) >= 11 is 0. The number of nitrogens with zero attached hydrogens (tertiary/aromatic N) is 2. The molecule has 4 fully saturated rings. The van der Waals surface area contributed by atoms with Gasteiger partial charge in [0.15, 0.2) is 0 Å². The number of fused-ring (bicyclic) bond motifs is 4. The van der Waals surface area contributed by atoms with Gasteiger partial charge < -0.3 is 0 Å². The first-order chi connectivity index (χ1) is 8.72. The second-order valence-corrected chi connectivity index (χ2v) is 7.71. The molecule has 6 atom stereocenters. The van der Waals surface area contributed by atoms with Crippen molar-refractivity contribution < 1.29 is 0 Å². The molecular formula is C16H28N2. The van der Waals surface area contributed by atoms with E-state index in [9.17, 15) is 0 Å². The van der Waals surface area contributed by atoms with Crippen molar-refractivity contribution in [2.24, 2.45) is 23.7 Å². The van der Waals surface area contributed by atoms with Crippen LogP contribution < -0.4 is 0 Å². The molecule has 0 heterocycles. The fourth-order valence-electron chi connectivity index (χ4n) is 5.91. The second-order valence-electron chi connectivity index (χ2n) is 7.71. The summed E-state index contributed by atoms with van der Waals surface area (Å²) in [5, 5.41) is 5.30. The van der Waals surface area contributed by atoms with Crippen molar-refractivity contribution in [3.05, 3.63) is 0 Å². The van der Waals surface area contributed by atoms with Gasteiger partial charge in [0.05, 0.1) is 0 Å². The highest BCUT2D eigenvalue weighted by molar-refractivity contribution is 5.01. The van der Waals surface area contributed by atoms with Crippen LogP contribution in [0.25, 0.3) is 0 Å². The van der Waals surface area contributed by atoms with Crippen molar-refractivity contribution in [1.29, 1.82) is 0 Å². The van der Waals surface area contributed by atoms with E-state index in [1.165, 1.54) is 51.4 Å². The first-order valence-electron chi connectivity index (χ1n) is 8.18. The van der Waals surface area contributed by atoms with E-state index in [2.05, 4.69) is 24.1 Å². The maximum atomic E-state index is 2.84. The first kappa shape index (κ1) is 11.7. The molecule has 2 nitrogen and oxygen atoms in total. The van der Waals surface area contributed by atoms with Gasteiger partial charge in [-0.25, -0.2) is 10.0 Å². The SMILES string of the molecule is CN(C)N(C1CC2CCC1C2)C1CC2CCC1C2. The average molecular weight is 248 g/mol. The fraction of sp³-hybridized carbons (Fsp3) is 1.00. The van der Waals surface area contributed by atoms with Crippen molar-refractivity contribution >= 4 is 0 Å². The van der Waals surface area contributed by atoms with E-state index >= 15 is 0 Å². The Balaban J connectivity index is 1.54. The van der Waals surface area contributed by atoms with Gasteiger partial charge in [-0.3, -0.25) is 0 Å². The van der Waals surface area contributed by atoms with Crippen LogP contribution in [-0.2, 0) is 0 Å². The van der Waals surface area contributed by atoms with Gasteiger partial charge in [0.2, 0.25) is 0 Å². The predicted octanol–water partition coefficient (Wildman–Crippen LogP) is 3.14. The molecule has 0 saturated heterocycles. The van der Waals surface area contributed by atoms with Crippen LogP contribution in [0.3, 0.4) is 0 Å². The number of hydrogen-bond donors (Lipinski definition) is 0. The van der Waals surface area contributed by atoms with Crippen LogP contribution in [0.15, 0.2) is 0 Å². The quantitative estimate of drug-likeness (QED) is 0.708. The minimum Gasteiger partial charge on any atom is -0.247 e. The maximum absolute atomic E-state index is 2.84. The Hall–Kier alpha value is -0.0800. The molecule has 0 amide bonds. The average Bonchev–Trinajstić information content (AvgIpc) is 3.09. The zero-order valence-corrected chi connectivity index (χ0v) is 12.0. The number of hydrogen-bond acceptors (Lipinski definition) is 2. The van der Waals surface area contributed by atoms with Crippen molar-refractivity contribution in [1.82, 2.24) is 10.0 Å². The van der Waals surface area contributed by atoms with Gasteiger partial charge in [-0.1, -0.05) is 12.8 Å². The van der Waals surface area contributed by atoms with Crippen LogP contribution in [0, 0.1) is 23.7 Å². The molecule has 18 heavy (non-hydrogen) atoms. The highest BCUT2D eigenvalue weighted by atomic mass is 15.6. The third kappa shape index (κ3) is 1.68. The van der Waals surface area contributed by atoms with Crippen molar-refractivity contribution in [2.45, 2.75) is 63.5 Å². The van der Waals surface area contributed by atoms with E-state index in [1.54, 1.807) is 0 Å². The zero-order chi connectivity index (χ0) is 12.3. The summed E-state index contributed by atoms with van der Waals surface area (Å²) in [6.07, 6.45) is 12.2. The Labute approximate surface area is 112 Å². The van der Waals surface area contributed by atoms with Crippen LogP contribution in [0.2, 0.25) is 0 Å². The van der Waals surface area contributed by atoms with Gasteiger partial charge in [-0.2, -0.15) is 0 Å². The number of rotatable bonds is 3. The third-order valence-corrected chi connectivity index (χ3v) is 6.54. The van der Waals surface area contributed by atoms with E-state index in [4.69, 9.17) is 0 Å². The molecule has 102 valence electrons. The molecule has 6 unspecified atom stereocenters. The lowest BCUT2D eigenvalue weighted by molar-refractivity contribution is -0.0905. The Morgan fingerprint density at radius 2 is 1.17 bits per heavy atom. The smallest absolute Gasteiger partial charge is 0.0279 e. The van der Waals surface area contributed by atoms with Crippen LogP contribution in [0.5, 0.6) is 0 Å². The highest BCUT2D eigenvalue weighted by Crippen LogP contribution is 2.52. The van der Waals surface area contributed by atoms with E-state index in [-0.39, 0.29) is 0 Å². The van der Waals surface area contributed by atoms with Crippen molar-refractivity contribution in [3.8, 4) is 0 Å². The molecule has 0 aromatic carbocycles. The molecule has 0 radical (unpaired) electrons. The molecule has 0 aliphatic heterocycles. The summed E-state index contributed by atoms with van der Waals surface area (Å²) in [5.41, 5.74) is 0. The molecule has 4 bridgehead atoms. The first-order valence-corrected chi connectivity index (χ1v) is 8.18. The minimum absolute atomic E-state index is 0.892. The second kappa shape index (κ2) is 4.21. The summed E-state index contributed by atoms with van der Waals surface area (Å²) in [6, 6.07) is 1.78. The Kier molecular flexibility index (Phi) is 2.74. The molecule has 2 heteroatoms. The van der Waals surface area contributed by atoms with Gasteiger partial charge in [0.25, 0.3) is 0 Å². The van der Waals surface area contributed by atoms with E-state index in [0.29, 0.717) is 0 Å². The molecule has 4 aliphatic carbocycles. The predicted molar refractivity (Wildman–Crippen MR) is 74.0 cm³/mol. The minimum atomic E-state index is 0.892. The Morgan fingerprint density at radius 3 is 1.44 bits per heavy atom.